The summed E-state index contributed by atoms with van der Waals surface area (Å²) < 4.78 is 0. The molecule has 146 valence electrons. The van der Waals surface area contributed by atoms with Gasteiger partial charge in [0, 0.05) is 22.3 Å². The summed E-state index contributed by atoms with van der Waals surface area (Å²) in [6.45, 7) is 1.99. The van der Waals surface area contributed by atoms with Crippen LogP contribution in [-0.4, -0.2) is 21.5 Å². The van der Waals surface area contributed by atoms with Crippen molar-refractivity contribution in [2.75, 3.05) is 0 Å². The Labute approximate surface area is 178 Å². The third kappa shape index (κ3) is 3.02. The number of hydrogen-bond donors (Lipinski definition) is 0. The Morgan fingerprint density at radius 2 is 1.10 bits per heavy atom. The lowest BCUT2D eigenvalue weighted by molar-refractivity contribution is 0.0971. The summed E-state index contributed by atoms with van der Waals surface area (Å²) in [7, 11) is 0. The molecule has 4 aromatic rings. The van der Waals surface area contributed by atoms with E-state index in [2.05, 4.69) is 16.0 Å². The molecule has 0 unspecified atom stereocenters. The Balaban J connectivity index is 1.78. The fourth-order valence-corrected chi connectivity index (χ4v) is 3.70. The van der Waals surface area contributed by atoms with Gasteiger partial charge in [-0.25, -0.2) is 9.97 Å². The predicted octanol–water partition coefficient (Wildman–Crippen LogP) is 4.77. The number of aromatic nitrogens is 2. The summed E-state index contributed by atoms with van der Waals surface area (Å²) in [4.78, 5) is 35.6. The number of carbonyl (C=O) groups excluding carboxylic acids is 2. The topological polar surface area (TPSA) is 83.7 Å². The SMILES string of the molecule is Cc1ccc(-c2nc3c(nc2-c2ccc(C#N)cc2)C(=O)c2ccccc2C3=O)cc1. The molecule has 0 amide bonds. The zero-order valence-corrected chi connectivity index (χ0v) is 16.6. The van der Waals surface area contributed by atoms with E-state index in [-0.39, 0.29) is 23.0 Å². The first-order valence-electron chi connectivity index (χ1n) is 9.75. The predicted molar refractivity (Wildman–Crippen MR) is 116 cm³/mol. The first-order valence-corrected chi connectivity index (χ1v) is 9.75. The van der Waals surface area contributed by atoms with Gasteiger partial charge < -0.3 is 0 Å². The van der Waals surface area contributed by atoms with Crippen LogP contribution in [-0.2, 0) is 0 Å². The van der Waals surface area contributed by atoms with E-state index in [4.69, 9.17) is 5.26 Å². The van der Waals surface area contributed by atoms with E-state index in [0.717, 1.165) is 11.1 Å². The van der Waals surface area contributed by atoms with Gasteiger partial charge in [-0.05, 0) is 19.1 Å². The monoisotopic (exact) mass is 401 g/mol. The minimum atomic E-state index is -0.317. The average Bonchev–Trinajstić information content (AvgIpc) is 2.82. The van der Waals surface area contributed by atoms with Crippen molar-refractivity contribution in [1.82, 2.24) is 9.97 Å². The molecule has 0 N–H and O–H groups in total. The molecule has 0 saturated carbocycles. The maximum atomic E-state index is 13.1. The Kier molecular flexibility index (Phi) is 4.27. The summed E-state index contributed by atoms with van der Waals surface area (Å²) in [6.07, 6.45) is 0. The van der Waals surface area contributed by atoms with E-state index >= 15 is 0 Å². The molecule has 0 aliphatic heterocycles. The Morgan fingerprint density at radius 3 is 1.55 bits per heavy atom. The molecule has 1 aliphatic carbocycles. The molecular formula is C26H15N3O2. The number of carbonyl (C=O) groups is 2. The summed E-state index contributed by atoms with van der Waals surface area (Å²) >= 11 is 0. The first-order chi connectivity index (χ1) is 15.1. The Bertz CT molecular complexity index is 1410. The molecule has 1 aliphatic rings. The van der Waals surface area contributed by atoms with Gasteiger partial charge in [-0.1, -0.05) is 66.2 Å². The van der Waals surface area contributed by atoms with Crippen LogP contribution in [0.25, 0.3) is 22.5 Å². The van der Waals surface area contributed by atoms with Crippen LogP contribution in [0.2, 0.25) is 0 Å². The van der Waals surface area contributed by atoms with Gasteiger partial charge in [0.15, 0.2) is 0 Å². The van der Waals surface area contributed by atoms with Crippen molar-refractivity contribution < 1.29 is 9.59 Å². The number of nitriles is 1. The molecule has 1 heterocycles. The van der Waals surface area contributed by atoms with Gasteiger partial charge in [0.05, 0.1) is 23.0 Å². The molecule has 3 aromatic carbocycles. The van der Waals surface area contributed by atoms with Crippen molar-refractivity contribution in [3.8, 4) is 28.6 Å². The van der Waals surface area contributed by atoms with E-state index in [0.29, 0.717) is 33.6 Å². The number of nitrogens with zero attached hydrogens (tertiary/aromatic N) is 3. The molecule has 5 rings (SSSR count). The highest BCUT2D eigenvalue weighted by atomic mass is 16.1. The molecule has 1 aromatic heterocycles. The molecule has 5 heteroatoms. The van der Waals surface area contributed by atoms with E-state index in [1.807, 2.05) is 31.2 Å². The van der Waals surface area contributed by atoms with Gasteiger partial charge in [-0.15, -0.1) is 0 Å². The van der Waals surface area contributed by atoms with Crippen LogP contribution in [0, 0.1) is 18.3 Å². The lowest BCUT2D eigenvalue weighted by atomic mass is 9.89. The number of ketones is 2. The minimum Gasteiger partial charge on any atom is -0.287 e. The lowest BCUT2D eigenvalue weighted by Crippen LogP contribution is -2.24. The van der Waals surface area contributed by atoms with Gasteiger partial charge in [0.1, 0.15) is 11.4 Å². The van der Waals surface area contributed by atoms with Crippen LogP contribution in [0.3, 0.4) is 0 Å². The molecule has 0 fully saturated rings. The van der Waals surface area contributed by atoms with Crippen LogP contribution in [0.5, 0.6) is 0 Å². The highest BCUT2D eigenvalue weighted by molar-refractivity contribution is 6.27. The second-order valence-corrected chi connectivity index (χ2v) is 7.38. The van der Waals surface area contributed by atoms with E-state index < -0.39 is 0 Å². The first kappa shape index (κ1) is 18.6. The molecule has 0 atom stereocenters. The molecule has 0 spiro atoms. The van der Waals surface area contributed by atoms with Crippen LogP contribution >= 0.6 is 0 Å². The number of hydrogen-bond acceptors (Lipinski definition) is 5. The maximum Gasteiger partial charge on any atom is 0.214 e. The van der Waals surface area contributed by atoms with E-state index in [1.54, 1.807) is 48.5 Å². The molecular weight excluding hydrogens is 386 g/mol. The fourth-order valence-electron chi connectivity index (χ4n) is 3.70. The number of fused-ring (bicyclic) bond motifs is 2. The fraction of sp³-hybridized carbons (Fsp3) is 0.0385. The number of rotatable bonds is 2. The minimum absolute atomic E-state index is 0.0546. The quantitative estimate of drug-likeness (QED) is 0.426. The highest BCUT2D eigenvalue weighted by Gasteiger charge is 2.33. The van der Waals surface area contributed by atoms with Gasteiger partial charge in [0.2, 0.25) is 11.6 Å². The second kappa shape index (κ2) is 7.12. The Hall–Kier alpha value is -4.43. The summed E-state index contributed by atoms with van der Waals surface area (Å²) in [6, 6.07) is 23.5. The molecule has 31 heavy (non-hydrogen) atoms. The molecule has 5 nitrogen and oxygen atoms in total. The summed E-state index contributed by atoms with van der Waals surface area (Å²) in [5.74, 6) is -0.625. The van der Waals surface area contributed by atoms with Crippen LogP contribution < -0.4 is 0 Å². The molecule has 0 radical (unpaired) electrons. The lowest BCUT2D eigenvalue weighted by Gasteiger charge is -2.19. The largest absolute Gasteiger partial charge is 0.287 e. The van der Waals surface area contributed by atoms with Gasteiger partial charge in [-0.3, -0.25) is 9.59 Å². The Morgan fingerprint density at radius 1 is 0.645 bits per heavy atom. The van der Waals surface area contributed by atoms with Crippen LogP contribution in [0.15, 0.2) is 72.8 Å². The highest BCUT2D eigenvalue weighted by Crippen LogP contribution is 2.34. The van der Waals surface area contributed by atoms with Gasteiger partial charge in [-0.2, -0.15) is 5.26 Å². The van der Waals surface area contributed by atoms with Crippen molar-refractivity contribution >= 4 is 11.6 Å². The third-order valence-corrected chi connectivity index (χ3v) is 5.35. The zero-order chi connectivity index (χ0) is 21.5. The van der Waals surface area contributed by atoms with Crippen LogP contribution in [0.4, 0.5) is 0 Å². The average molecular weight is 401 g/mol. The molecule has 0 saturated heterocycles. The van der Waals surface area contributed by atoms with Gasteiger partial charge in [0.25, 0.3) is 0 Å². The van der Waals surface area contributed by atoms with E-state index in [9.17, 15) is 9.59 Å². The standard InChI is InChI=1S/C26H15N3O2/c1-15-6-10-17(11-7-15)21-22(18-12-8-16(14-27)9-13-18)29-24-23(28-21)25(30)19-4-2-3-5-20(19)26(24)31/h2-13H,1H3. The van der Waals surface area contributed by atoms with Crippen molar-refractivity contribution in [2.24, 2.45) is 0 Å². The summed E-state index contributed by atoms with van der Waals surface area (Å²) in [5, 5.41) is 9.11. The van der Waals surface area contributed by atoms with E-state index in [1.165, 1.54) is 0 Å². The van der Waals surface area contributed by atoms with Gasteiger partial charge >= 0.3 is 0 Å². The number of aryl methyl sites for hydroxylation is 1. The third-order valence-electron chi connectivity index (χ3n) is 5.35. The molecule has 0 bridgehead atoms. The number of benzene rings is 3. The van der Waals surface area contributed by atoms with Crippen LogP contribution in [0.1, 0.15) is 43.2 Å². The van der Waals surface area contributed by atoms with Crippen molar-refractivity contribution in [3.05, 3.63) is 106 Å². The summed E-state index contributed by atoms with van der Waals surface area (Å²) in [5.41, 5.74) is 4.93. The van der Waals surface area contributed by atoms with Crippen molar-refractivity contribution in [2.45, 2.75) is 6.92 Å². The second-order valence-electron chi connectivity index (χ2n) is 7.38. The van der Waals surface area contributed by atoms with Crippen molar-refractivity contribution in [1.29, 1.82) is 5.26 Å². The zero-order valence-electron chi connectivity index (χ0n) is 16.6. The van der Waals surface area contributed by atoms with Crippen molar-refractivity contribution in [3.63, 3.8) is 0 Å². The maximum absolute atomic E-state index is 13.1. The smallest absolute Gasteiger partial charge is 0.214 e. The normalized spacial score (nSPS) is 12.1.